The van der Waals surface area contributed by atoms with E-state index < -0.39 is 25.7 Å². The van der Waals surface area contributed by atoms with Crippen molar-refractivity contribution in [3.8, 4) is 16.9 Å². The lowest BCUT2D eigenvalue weighted by Crippen LogP contribution is -2.68. The molecule has 1 aliphatic carbocycles. The topological polar surface area (TPSA) is 64.6 Å². The van der Waals surface area contributed by atoms with Crippen molar-refractivity contribution in [1.82, 2.24) is 5.32 Å². The molecule has 47 heavy (non-hydrogen) atoms. The minimum Gasteiger partial charge on any atom is -0.534 e. The number of benzene rings is 5. The van der Waals surface area contributed by atoms with Gasteiger partial charge in [0.2, 0.25) is 5.24 Å². The summed E-state index contributed by atoms with van der Waals surface area (Å²) in [5.74, 6) is 0.655. The lowest BCUT2D eigenvalue weighted by molar-refractivity contribution is -0.113. The van der Waals surface area contributed by atoms with E-state index in [-0.39, 0.29) is 24.0 Å². The van der Waals surface area contributed by atoms with Gasteiger partial charge in [-0.15, -0.1) is 0 Å². The van der Waals surface area contributed by atoms with Crippen LogP contribution in [0, 0.1) is 0 Å². The number of hydrogen-bond donors (Lipinski definition) is 1. The summed E-state index contributed by atoms with van der Waals surface area (Å²) in [5, 5.41) is 4.21. The molecule has 0 saturated heterocycles. The molecule has 1 N–H and O–H groups in total. The van der Waals surface area contributed by atoms with Crippen molar-refractivity contribution in [2.45, 2.75) is 44.2 Å². The zero-order valence-electron chi connectivity index (χ0n) is 26.8. The minimum absolute atomic E-state index is 0.0820. The molecule has 1 atom stereocenters. The normalized spacial score (nSPS) is 13.3. The Kier molecular flexibility index (Phi) is 9.35. The Morgan fingerprint density at radius 1 is 0.723 bits per heavy atom. The third kappa shape index (κ3) is 6.62. The van der Waals surface area contributed by atoms with Gasteiger partial charge in [-0.1, -0.05) is 142 Å². The molecule has 238 valence electrons. The molecule has 0 fully saturated rings. The van der Waals surface area contributed by atoms with E-state index in [4.69, 9.17) is 20.8 Å². The Morgan fingerprint density at radius 2 is 1.21 bits per heavy atom. The molecule has 0 spiro atoms. The highest BCUT2D eigenvalue weighted by molar-refractivity contribution is 7.00. The second-order valence-corrected chi connectivity index (χ2v) is 17.5. The first-order valence-electron chi connectivity index (χ1n) is 15.9. The monoisotopic (exact) mass is 659 g/mol. The molecule has 0 unspecified atom stereocenters. The highest BCUT2D eigenvalue weighted by Crippen LogP contribution is 2.44. The van der Waals surface area contributed by atoms with Gasteiger partial charge in [-0.05, 0) is 67.0 Å². The number of ether oxygens (including phenoxy) is 1. The summed E-state index contributed by atoms with van der Waals surface area (Å²) in [6.07, 6.45) is -0.469. The molecule has 1 aliphatic rings. The average molecular weight is 660 g/mol. The average Bonchev–Trinajstić information content (AvgIpc) is 3.40. The fraction of sp³-hybridized carbons (Fsp3) is 0.200. The maximum atomic E-state index is 12.9. The number of halogens is 1. The standard InChI is InChI=1S/C40H38ClNO4Si/c1-40(2,3)47(30-14-6-4-7-15-30,31-16-8-5-9-17-31)46-29-24-22-28(23-25-29)26-37(38(41)43)42-39(44)45-27-36-34-20-12-10-18-32(34)33-19-11-13-21-35(33)36/h4-25,36-37H,26-27H2,1-3H3,(H,42,44)/t37-/m1/s1. The number of amides is 1. The summed E-state index contributed by atoms with van der Waals surface area (Å²) in [6.45, 7) is 6.86. The minimum atomic E-state index is -2.79. The Hall–Kier alpha value is -4.65. The maximum absolute atomic E-state index is 12.9. The molecule has 6 rings (SSSR count). The van der Waals surface area contributed by atoms with Crippen LogP contribution in [0.15, 0.2) is 133 Å². The van der Waals surface area contributed by atoms with Gasteiger partial charge in [-0.25, -0.2) is 4.79 Å². The Labute approximate surface area is 282 Å². The van der Waals surface area contributed by atoms with Crippen LogP contribution in [0.1, 0.15) is 43.4 Å². The van der Waals surface area contributed by atoms with Gasteiger partial charge in [0, 0.05) is 12.3 Å². The van der Waals surface area contributed by atoms with Crippen molar-refractivity contribution >= 4 is 41.6 Å². The second-order valence-electron chi connectivity index (χ2n) is 12.9. The van der Waals surface area contributed by atoms with Crippen LogP contribution in [0.5, 0.6) is 5.75 Å². The van der Waals surface area contributed by atoms with Crippen LogP contribution in [0.25, 0.3) is 11.1 Å². The number of fused-ring (bicyclic) bond motifs is 3. The first kappa shape index (κ1) is 32.3. The van der Waals surface area contributed by atoms with Crippen molar-refractivity contribution in [2.24, 2.45) is 0 Å². The first-order valence-corrected chi connectivity index (χ1v) is 18.2. The molecular weight excluding hydrogens is 622 g/mol. The van der Waals surface area contributed by atoms with Crippen LogP contribution in [-0.4, -0.2) is 32.3 Å². The summed E-state index contributed by atoms with van der Waals surface area (Å²) in [4.78, 5) is 25.4. The summed E-state index contributed by atoms with van der Waals surface area (Å²) >= 11 is 5.97. The number of alkyl carbamates (subject to hydrolysis) is 1. The van der Waals surface area contributed by atoms with Gasteiger partial charge < -0.3 is 14.5 Å². The van der Waals surface area contributed by atoms with E-state index >= 15 is 0 Å². The number of rotatable bonds is 10. The fourth-order valence-corrected chi connectivity index (χ4v) is 11.3. The van der Waals surface area contributed by atoms with Gasteiger partial charge in [-0.2, -0.15) is 0 Å². The highest BCUT2D eigenvalue weighted by Gasteiger charge is 2.52. The van der Waals surface area contributed by atoms with E-state index in [1.807, 2.05) is 60.7 Å². The Bertz CT molecular complexity index is 1770. The molecule has 0 heterocycles. The van der Waals surface area contributed by atoms with Crippen LogP contribution < -0.4 is 20.1 Å². The predicted octanol–water partition coefficient (Wildman–Crippen LogP) is 7.84. The molecule has 0 bridgehead atoms. The van der Waals surface area contributed by atoms with Gasteiger partial charge in [0.05, 0.1) is 0 Å². The summed E-state index contributed by atoms with van der Waals surface area (Å²) in [6, 6.07) is 44.0. The molecule has 0 saturated carbocycles. The molecule has 7 heteroatoms. The molecule has 0 aromatic heterocycles. The lowest BCUT2D eigenvalue weighted by atomic mass is 9.98. The molecule has 5 aromatic carbocycles. The van der Waals surface area contributed by atoms with E-state index in [0.29, 0.717) is 0 Å². The van der Waals surface area contributed by atoms with Crippen LogP contribution >= 0.6 is 11.6 Å². The van der Waals surface area contributed by atoms with Crippen LogP contribution in [0.2, 0.25) is 5.04 Å². The largest absolute Gasteiger partial charge is 0.534 e. The van der Waals surface area contributed by atoms with Crippen molar-refractivity contribution in [2.75, 3.05) is 6.61 Å². The number of carbonyl (C=O) groups is 2. The van der Waals surface area contributed by atoms with Crippen LogP contribution in [-0.2, 0) is 16.0 Å². The highest BCUT2D eigenvalue weighted by atomic mass is 35.5. The summed E-state index contributed by atoms with van der Waals surface area (Å²) < 4.78 is 12.8. The third-order valence-corrected chi connectivity index (χ3v) is 14.2. The van der Waals surface area contributed by atoms with Gasteiger partial charge in [0.1, 0.15) is 18.4 Å². The molecule has 0 radical (unpaired) electrons. The number of hydrogen-bond acceptors (Lipinski definition) is 4. The first-order chi connectivity index (χ1) is 22.7. The smallest absolute Gasteiger partial charge is 0.407 e. The predicted molar refractivity (Wildman–Crippen MR) is 191 cm³/mol. The molecule has 0 aliphatic heterocycles. The number of carbonyl (C=O) groups excluding carboxylic acids is 2. The Morgan fingerprint density at radius 3 is 1.70 bits per heavy atom. The van der Waals surface area contributed by atoms with Gasteiger partial charge >= 0.3 is 14.4 Å². The zero-order chi connectivity index (χ0) is 33.0. The zero-order valence-corrected chi connectivity index (χ0v) is 28.5. The molecule has 1 amide bonds. The van der Waals surface area contributed by atoms with Crippen LogP contribution in [0.3, 0.4) is 0 Å². The van der Waals surface area contributed by atoms with E-state index in [1.165, 1.54) is 10.4 Å². The quantitative estimate of drug-likeness (QED) is 0.123. The van der Waals surface area contributed by atoms with Gasteiger partial charge in [0.15, 0.2) is 0 Å². The number of nitrogens with one attached hydrogen (secondary N) is 1. The van der Waals surface area contributed by atoms with Crippen molar-refractivity contribution in [1.29, 1.82) is 0 Å². The molecule has 5 aromatic rings. The van der Waals surface area contributed by atoms with Crippen molar-refractivity contribution < 1.29 is 18.8 Å². The van der Waals surface area contributed by atoms with E-state index in [1.54, 1.807) is 0 Å². The van der Waals surface area contributed by atoms with Crippen LogP contribution in [0.4, 0.5) is 4.79 Å². The lowest BCUT2D eigenvalue weighted by Gasteiger charge is -2.43. The van der Waals surface area contributed by atoms with E-state index in [2.05, 4.69) is 98.9 Å². The Balaban J connectivity index is 1.16. The molecular formula is C40H38ClNO4Si. The van der Waals surface area contributed by atoms with Crippen molar-refractivity contribution in [3.63, 3.8) is 0 Å². The SMILES string of the molecule is CC(C)(C)[Si](Oc1ccc(C[C@@H](NC(=O)OCC2c3ccccc3-c3ccccc32)C(=O)Cl)cc1)(c1ccccc1)c1ccccc1. The van der Waals surface area contributed by atoms with Crippen molar-refractivity contribution in [3.05, 3.63) is 150 Å². The van der Waals surface area contributed by atoms with E-state index in [0.717, 1.165) is 33.6 Å². The summed E-state index contributed by atoms with van der Waals surface area (Å²) in [5.41, 5.74) is 5.36. The summed E-state index contributed by atoms with van der Waals surface area (Å²) in [7, 11) is -2.79. The third-order valence-electron chi connectivity index (χ3n) is 8.96. The van der Waals surface area contributed by atoms with Gasteiger partial charge in [-0.3, -0.25) is 4.79 Å². The van der Waals surface area contributed by atoms with Gasteiger partial charge in [0.25, 0.3) is 0 Å². The maximum Gasteiger partial charge on any atom is 0.407 e. The molecule has 5 nitrogen and oxygen atoms in total. The fourth-order valence-electron chi connectivity index (χ4n) is 6.73. The van der Waals surface area contributed by atoms with E-state index in [9.17, 15) is 9.59 Å². The second kappa shape index (κ2) is 13.6.